The molecule has 1 atom stereocenters. The topological polar surface area (TPSA) is 128 Å². The molecule has 7 rings (SSSR count). The van der Waals surface area contributed by atoms with Crippen LogP contribution in [0.4, 0.5) is 23.1 Å². The number of carbonyl (C=O) groups is 1. The first-order valence-electron chi connectivity index (χ1n) is 13.8. The number of nitriles is 1. The number of pyridine rings is 1. The van der Waals surface area contributed by atoms with E-state index in [-0.39, 0.29) is 5.91 Å². The minimum atomic E-state index is -0.673. The van der Waals surface area contributed by atoms with E-state index in [1.54, 1.807) is 24.4 Å². The van der Waals surface area contributed by atoms with Crippen LogP contribution in [-0.4, -0.2) is 68.8 Å². The minimum Gasteiger partial charge on any atom is -0.354 e. The number of anilines is 4. The smallest absolute Gasteiger partial charge is 0.238 e. The summed E-state index contributed by atoms with van der Waals surface area (Å²) in [6.07, 6.45) is 8.28. The molecule has 4 aromatic rings. The Morgan fingerprint density at radius 2 is 1.90 bits per heavy atom. The highest BCUT2D eigenvalue weighted by molar-refractivity contribution is 6.06. The summed E-state index contributed by atoms with van der Waals surface area (Å²) in [5.41, 5.74) is 3.80. The van der Waals surface area contributed by atoms with E-state index in [2.05, 4.69) is 38.5 Å². The number of piperazine rings is 1. The van der Waals surface area contributed by atoms with Crippen molar-refractivity contribution in [2.24, 2.45) is 0 Å². The monoisotopic (exact) mass is 534 g/mol. The zero-order valence-corrected chi connectivity index (χ0v) is 22.3. The van der Waals surface area contributed by atoms with Gasteiger partial charge in [0.15, 0.2) is 5.65 Å². The second-order valence-electron chi connectivity index (χ2n) is 10.9. The molecule has 202 valence electrons. The van der Waals surface area contributed by atoms with Gasteiger partial charge in [0.05, 0.1) is 40.6 Å². The van der Waals surface area contributed by atoms with E-state index in [0.717, 1.165) is 61.5 Å². The highest BCUT2D eigenvalue weighted by Gasteiger charge is 2.36. The van der Waals surface area contributed by atoms with E-state index in [4.69, 9.17) is 15.1 Å². The minimum absolute atomic E-state index is 0.178. The molecule has 2 fully saturated rings. The lowest BCUT2D eigenvalue weighted by Crippen LogP contribution is -2.44. The van der Waals surface area contributed by atoms with Crippen LogP contribution in [0.3, 0.4) is 0 Å². The van der Waals surface area contributed by atoms with Gasteiger partial charge in [0.2, 0.25) is 11.9 Å². The average Bonchev–Trinajstić information content (AvgIpc) is 3.71. The number of nitrogens with one attached hydrogen (secondary N) is 2. The Kier molecular flexibility index (Phi) is 6.04. The first kappa shape index (κ1) is 24.5. The van der Waals surface area contributed by atoms with Crippen LogP contribution in [0.1, 0.15) is 54.5 Å². The van der Waals surface area contributed by atoms with Crippen molar-refractivity contribution in [3.63, 3.8) is 0 Å². The molecule has 1 saturated carbocycles. The van der Waals surface area contributed by atoms with Gasteiger partial charge in [-0.05, 0) is 55.8 Å². The van der Waals surface area contributed by atoms with E-state index >= 15 is 0 Å². The number of nitrogens with zero attached hydrogens (tertiary/aromatic N) is 8. The molecule has 2 N–H and O–H groups in total. The normalized spacial score (nSPS) is 19.6. The molecule has 1 aliphatic carbocycles. The third-order valence-electron chi connectivity index (χ3n) is 8.24. The summed E-state index contributed by atoms with van der Waals surface area (Å²) in [6.45, 7) is 3.92. The van der Waals surface area contributed by atoms with Crippen molar-refractivity contribution in [2.45, 2.75) is 37.6 Å². The molecular formula is C29H30N10O. The lowest BCUT2D eigenvalue weighted by molar-refractivity contribution is -0.116. The van der Waals surface area contributed by atoms with Crippen LogP contribution < -0.4 is 15.5 Å². The number of rotatable bonds is 5. The molecule has 3 aliphatic rings. The molecule has 11 heteroatoms. The van der Waals surface area contributed by atoms with Crippen molar-refractivity contribution in [1.29, 1.82) is 5.26 Å². The predicted molar refractivity (Wildman–Crippen MR) is 152 cm³/mol. The highest BCUT2D eigenvalue weighted by Crippen LogP contribution is 2.40. The number of likely N-dealkylation sites (N-methyl/N-ethyl adjacent to an activating group) is 1. The Labute approximate surface area is 231 Å². The van der Waals surface area contributed by atoms with Gasteiger partial charge in [-0.1, -0.05) is 12.8 Å². The zero-order valence-electron chi connectivity index (χ0n) is 22.3. The quantitative estimate of drug-likeness (QED) is 0.393. The van der Waals surface area contributed by atoms with Gasteiger partial charge in [-0.2, -0.15) is 15.3 Å². The highest BCUT2D eigenvalue weighted by atomic mass is 16.2. The molecule has 0 radical (unpaired) electrons. The Bertz CT molecular complexity index is 1630. The van der Waals surface area contributed by atoms with E-state index in [0.29, 0.717) is 34.6 Å². The van der Waals surface area contributed by atoms with E-state index in [1.165, 1.54) is 12.8 Å². The summed E-state index contributed by atoms with van der Waals surface area (Å²) in [7, 11) is 2.13. The van der Waals surface area contributed by atoms with E-state index < -0.39 is 5.92 Å². The van der Waals surface area contributed by atoms with Gasteiger partial charge in [-0.25, -0.2) is 9.97 Å². The molecule has 11 nitrogen and oxygen atoms in total. The average molecular weight is 535 g/mol. The number of carbonyl (C=O) groups excluding carboxylic acids is 1. The van der Waals surface area contributed by atoms with Gasteiger partial charge in [-0.3, -0.25) is 9.48 Å². The van der Waals surface area contributed by atoms with Gasteiger partial charge < -0.3 is 20.4 Å². The number of hydrogen-bond acceptors (Lipinski definition) is 9. The maximum absolute atomic E-state index is 13.3. The Morgan fingerprint density at radius 1 is 1.07 bits per heavy atom. The summed E-state index contributed by atoms with van der Waals surface area (Å²) in [4.78, 5) is 32.2. The Hall–Kier alpha value is -4.56. The van der Waals surface area contributed by atoms with Crippen LogP contribution in [0.25, 0.3) is 11.0 Å². The van der Waals surface area contributed by atoms with E-state index in [1.807, 2.05) is 23.0 Å². The van der Waals surface area contributed by atoms with Crippen LogP contribution in [0.15, 0.2) is 42.7 Å². The Morgan fingerprint density at radius 3 is 2.65 bits per heavy atom. The van der Waals surface area contributed by atoms with Gasteiger partial charge in [0.25, 0.3) is 0 Å². The van der Waals surface area contributed by atoms with Crippen LogP contribution in [0, 0.1) is 11.3 Å². The van der Waals surface area contributed by atoms with Crippen molar-refractivity contribution in [1.82, 2.24) is 29.6 Å². The summed E-state index contributed by atoms with van der Waals surface area (Å²) < 4.78 is 1.99. The third kappa shape index (κ3) is 4.40. The molecule has 3 aromatic heterocycles. The number of benzene rings is 1. The van der Waals surface area contributed by atoms with Crippen molar-refractivity contribution in [2.75, 3.05) is 48.8 Å². The number of fused-ring (bicyclic) bond motifs is 2. The largest absolute Gasteiger partial charge is 0.354 e. The molecule has 0 bridgehead atoms. The van der Waals surface area contributed by atoms with Crippen molar-refractivity contribution < 1.29 is 4.79 Å². The number of amides is 1. The second kappa shape index (κ2) is 9.88. The molecule has 1 aromatic carbocycles. The maximum atomic E-state index is 13.3. The predicted octanol–water partition coefficient (Wildman–Crippen LogP) is 3.79. The summed E-state index contributed by atoms with van der Waals surface area (Å²) in [5, 5.41) is 21.3. The van der Waals surface area contributed by atoms with Gasteiger partial charge in [0.1, 0.15) is 11.7 Å². The zero-order chi connectivity index (χ0) is 27.2. The fourth-order valence-electron chi connectivity index (χ4n) is 5.99. The number of aromatic nitrogens is 5. The maximum Gasteiger partial charge on any atom is 0.238 e. The molecule has 0 spiro atoms. The molecule has 1 unspecified atom stereocenters. The van der Waals surface area contributed by atoms with Crippen LogP contribution in [0.2, 0.25) is 0 Å². The molecule has 40 heavy (non-hydrogen) atoms. The van der Waals surface area contributed by atoms with Crippen molar-refractivity contribution >= 4 is 40.1 Å². The first-order chi connectivity index (χ1) is 19.6. The van der Waals surface area contributed by atoms with Gasteiger partial charge in [-0.15, -0.1) is 0 Å². The summed E-state index contributed by atoms with van der Waals surface area (Å²) in [5.74, 6) is 0.445. The lowest BCUT2D eigenvalue weighted by atomic mass is 9.94. The number of hydrogen-bond donors (Lipinski definition) is 2. The molecule has 1 amide bonds. The van der Waals surface area contributed by atoms with Gasteiger partial charge in [0, 0.05) is 38.1 Å². The molecule has 1 saturated heterocycles. The fourth-order valence-corrected chi connectivity index (χ4v) is 5.99. The first-order valence-corrected chi connectivity index (χ1v) is 13.8. The van der Waals surface area contributed by atoms with Crippen molar-refractivity contribution in [3.05, 3.63) is 59.5 Å². The van der Waals surface area contributed by atoms with Crippen LogP contribution in [0.5, 0.6) is 0 Å². The summed E-state index contributed by atoms with van der Waals surface area (Å²) in [6, 6.07) is 11.7. The summed E-state index contributed by atoms with van der Waals surface area (Å²) >= 11 is 0. The molecular weight excluding hydrogens is 504 g/mol. The van der Waals surface area contributed by atoms with Gasteiger partial charge >= 0.3 is 0 Å². The SMILES string of the molecule is CN1CCN(c2ccc(Nc3nc(C4C(=O)Nc5ccc(C#N)cc54)c4cn(C5CCCC5)nc4n3)cn2)CC1. The second-order valence-corrected chi connectivity index (χ2v) is 10.9. The molecule has 2 aliphatic heterocycles. The lowest BCUT2D eigenvalue weighted by Gasteiger charge is -2.33. The third-order valence-corrected chi connectivity index (χ3v) is 8.24. The van der Waals surface area contributed by atoms with Crippen LogP contribution in [-0.2, 0) is 4.79 Å². The fraction of sp³-hybridized carbons (Fsp3) is 0.379. The molecule has 5 heterocycles. The van der Waals surface area contributed by atoms with Crippen LogP contribution >= 0.6 is 0 Å². The van der Waals surface area contributed by atoms with Crippen molar-refractivity contribution in [3.8, 4) is 6.07 Å². The van der Waals surface area contributed by atoms with E-state index in [9.17, 15) is 10.1 Å². The standard InChI is InChI=1S/C29H30N10O/c1-37-10-12-38(13-11-37)24-9-7-19(16-31-24)32-29-34-26(22-17-39(36-27(22)35-29)20-4-2-3-5-20)25-21-14-18(15-30)6-8-23(21)33-28(25)40/h6-9,14,16-17,20,25H,2-5,10-13H2,1H3,(H,33,40)(H,32,35,36). The Balaban J connectivity index is 1.26.